The molecule has 0 aromatic carbocycles. The largest absolute Gasteiger partial charge is 0.477 e. The second-order valence-electron chi connectivity index (χ2n) is 7.40. The lowest BCUT2D eigenvalue weighted by molar-refractivity contribution is 0.256. The summed E-state index contributed by atoms with van der Waals surface area (Å²) in [6.45, 7) is 8.60. The summed E-state index contributed by atoms with van der Waals surface area (Å²) in [5, 5.41) is 5.67. The van der Waals surface area contributed by atoms with Gasteiger partial charge < -0.3 is 21.1 Å². The average molecular weight is 439 g/mol. The van der Waals surface area contributed by atoms with Crippen LogP contribution in [0.15, 0.2) is 22.2 Å². The summed E-state index contributed by atoms with van der Waals surface area (Å²) in [6.07, 6.45) is 1.54. The number of hydrogen-bond donors (Lipinski definition) is 4. The highest BCUT2D eigenvalue weighted by molar-refractivity contribution is 7.94. The van der Waals surface area contributed by atoms with Crippen molar-refractivity contribution in [3.05, 3.63) is 28.4 Å². The molecule has 166 valence electrons. The highest BCUT2D eigenvalue weighted by Gasteiger charge is 2.28. The van der Waals surface area contributed by atoms with Crippen LogP contribution in [0.5, 0.6) is 0 Å². The molecule has 2 amide bonds. The molecule has 1 aliphatic rings. The predicted octanol–water partition coefficient (Wildman–Crippen LogP) is 2.44. The SMILES string of the molecule is CNc1cc(C(C)C)c(NC(=O)NS(=O)(=O)C(=CN)C2=NCCCO2)c(C(C)C)n1. The van der Waals surface area contributed by atoms with Gasteiger partial charge in [-0.1, -0.05) is 27.7 Å². The first-order chi connectivity index (χ1) is 14.1. The minimum absolute atomic E-state index is 0.00722. The Morgan fingerprint density at radius 1 is 1.27 bits per heavy atom. The van der Waals surface area contributed by atoms with Crippen molar-refractivity contribution in [2.75, 3.05) is 30.8 Å². The van der Waals surface area contributed by atoms with Gasteiger partial charge in [0.2, 0.25) is 5.90 Å². The van der Waals surface area contributed by atoms with Gasteiger partial charge in [-0.05, 0) is 23.5 Å². The summed E-state index contributed by atoms with van der Waals surface area (Å²) >= 11 is 0. The fourth-order valence-corrected chi connectivity index (χ4v) is 3.86. The van der Waals surface area contributed by atoms with Crippen molar-refractivity contribution >= 4 is 33.5 Å². The third kappa shape index (κ3) is 5.41. The van der Waals surface area contributed by atoms with E-state index in [1.54, 1.807) is 7.05 Å². The molecule has 0 unspecified atom stereocenters. The van der Waals surface area contributed by atoms with Crippen LogP contribution in [0.4, 0.5) is 16.3 Å². The molecule has 0 bridgehead atoms. The van der Waals surface area contributed by atoms with Gasteiger partial charge in [-0.3, -0.25) is 4.99 Å². The van der Waals surface area contributed by atoms with Crippen molar-refractivity contribution in [1.29, 1.82) is 0 Å². The van der Waals surface area contributed by atoms with Crippen molar-refractivity contribution in [3.63, 3.8) is 0 Å². The molecule has 0 saturated heterocycles. The number of ether oxygens (including phenoxy) is 1. The maximum absolute atomic E-state index is 12.7. The second-order valence-corrected chi connectivity index (χ2v) is 9.05. The first kappa shape index (κ1) is 23.5. The number of sulfonamides is 1. The molecule has 1 aliphatic heterocycles. The number of aromatic nitrogens is 1. The fraction of sp³-hybridized carbons (Fsp3) is 0.526. The third-order valence-corrected chi connectivity index (χ3v) is 5.76. The molecular formula is C19H30N6O4S. The molecule has 0 aliphatic carbocycles. The monoisotopic (exact) mass is 438 g/mol. The van der Waals surface area contributed by atoms with Crippen LogP contribution >= 0.6 is 0 Å². The Bertz CT molecular complexity index is 925. The lowest BCUT2D eigenvalue weighted by Crippen LogP contribution is -2.38. The Hall–Kier alpha value is -2.82. The Kier molecular flexibility index (Phi) is 7.65. The van der Waals surface area contributed by atoms with Gasteiger partial charge in [0.25, 0.3) is 10.0 Å². The van der Waals surface area contributed by atoms with Crippen molar-refractivity contribution < 1.29 is 17.9 Å². The standard InChI is InChI=1S/C19H30N6O4S/c1-11(2)13-9-15(21-5)23-16(12(3)4)17(13)24-19(26)25-30(27,28)14(10-20)18-22-7-6-8-29-18/h9-12H,6-8,20H2,1-5H3,(H,21,23)(H2,24,25,26). The van der Waals surface area contributed by atoms with Gasteiger partial charge >= 0.3 is 6.03 Å². The van der Waals surface area contributed by atoms with E-state index in [2.05, 4.69) is 20.6 Å². The van der Waals surface area contributed by atoms with Crippen LogP contribution < -0.4 is 21.1 Å². The lowest BCUT2D eigenvalue weighted by Gasteiger charge is -2.21. The summed E-state index contributed by atoms with van der Waals surface area (Å²) < 4.78 is 32.6. The van der Waals surface area contributed by atoms with Crippen LogP contribution in [0.3, 0.4) is 0 Å². The van der Waals surface area contributed by atoms with Crippen LogP contribution in [-0.4, -0.2) is 45.5 Å². The number of pyridine rings is 1. The molecule has 0 atom stereocenters. The molecule has 30 heavy (non-hydrogen) atoms. The summed E-state index contributed by atoms with van der Waals surface area (Å²) in [7, 11) is -2.52. The molecule has 1 aromatic rings. The van der Waals surface area contributed by atoms with E-state index in [4.69, 9.17) is 10.5 Å². The Labute approximate surface area is 177 Å². The molecule has 0 radical (unpaired) electrons. The number of anilines is 2. The van der Waals surface area contributed by atoms with E-state index in [-0.39, 0.29) is 22.6 Å². The van der Waals surface area contributed by atoms with Crippen LogP contribution in [0.25, 0.3) is 0 Å². The minimum Gasteiger partial charge on any atom is -0.477 e. The summed E-state index contributed by atoms with van der Waals surface area (Å²) in [5.41, 5.74) is 7.45. The average Bonchev–Trinajstić information content (AvgIpc) is 2.68. The van der Waals surface area contributed by atoms with E-state index in [1.807, 2.05) is 38.5 Å². The van der Waals surface area contributed by atoms with Gasteiger partial charge in [0.15, 0.2) is 4.91 Å². The smallest absolute Gasteiger partial charge is 0.333 e. The van der Waals surface area contributed by atoms with Crippen molar-refractivity contribution in [3.8, 4) is 0 Å². The molecule has 2 rings (SSSR count). The topological polar surface area (TPSA) is 148 Å². The van der Waals surface area contributed by atoms with Crippen LogP contribution in [0.1, 0.15) is 57.2 Å². The number of carbonyl (C=O) groups is 1. The first-order valence-electron chi connectivity index (χ1n) is 9.76. The van der Waals surface area contributed by atoms with E-state index in [0.29, 0.717) is 36.8 Å². The molecule has 0 saturated carbocycles. The van der Waals surface area contributed by atoms with Crippen molar-refractivity contribution in [2.45, 2.75) is 46.0 Å². The van der Waals surface area contributed by atoms with Crippen LogP contribution in [-0.2, 0) is 14.8 Å². The quantitative estimate of drug-likeness (QED) is 0.511. The zero-order valence-electron chi connectivity index (χ0n) is 17.9. The Morgan fingerprint density at radius 2 is 1.97 bits per heavy atom. The van der Waals surface area contributed by atoms with Crippen molar-refractivity contribution in [1.82, 2.24) is 9.71 Å². The lowest BCUT2D eigenvalue weighted by atomic mass is 9.97. The molecule has 0 spiro atoms. The van der Waals surface area contributed by atoms with E-state index in [9.17, 15) is 13.2 Å². The number of rotatable bonds is 7. The molecule has 10 nitrogen and oxygen atoms in total. The molecule has 1 aromatic heterocycles. The molecule has 0 fully saturated rings. The highest BCUT2D eigenvalue weighted by atomic mass is 32.2. The van der Waals surface area contributed by atoms with E-state index in [0.717, 1.165) is 11.8 Å². The zero-order valence-corrected chi connectivity index (χ0v) is 18.8. The van der Waals surface area contributed by atoms with Crippen molar-refractivity contribution in [2.24, 2.45) is 10.7 Å². The van der Waals surface area contributed by atoms with Gasteiger partial charge in [0.1, 0.15) is 5.82 Å². The highest BCUT2D eigenvalue weighted by Crippen LogP contribution is 2.33. The summed E-state index contributed by atoms with van der Waals surface area (Å²) in [4.78, 5) is 20.8. The van der Waals surface area contributed by atoms with Gasteiger partial charge in [-0.25, -0.2) is 22.9 Å². The number of amides is 2. The number of hydrogen-bond acceptors (Lipinski definition) is 8. The number of nitrogens with one attached hydrogen (secondary N) is 3. The Balaban J connectivity index is 2.34. The normalized spacial score (nSPS) is 14.9. The minimum atomic E-state index is -4.28. The summed E-state index contributed by atoms with van der Waals surface area (Å²) in [5.74, 6) is 0.623. The summed E-state index contributed by atoms with van der Waals surface area (Å²) in [6, 6.07) is 0.907. The van der Waals surface area contributed by atoms with Gasteiger partial charge in [0.05, 0.1) is 18.0 Å². The van der Waals surface area contributed by atoms with E-state index < -0.39 is 16.1 Å². The first-order valence-corrected chi connectivity index (χ1v) is 11.2. The number of urea groups is 1. The van der Waals surface area contributed by atoms with E-state index in [1.165, 1.54) is 0 Å². The molecule has 2 heterocycles. The number of nitrogens with zero attached hydrogens (tertiary/aromatic N) is 2. The van der Waals surface area contributed by atoms with Gasteiger partial charge in [-0.2, -0.15) is 0 Å². The second kappa shape index (κ2) is 9.79. The number of nitrogens with two attached hydrogens (primary N) is 1. The van der Waals surface area contributed by atoms with Gasteiger partial charge in [0, 0.05) is 26.2 Å². The molecular weight excluding hydrogens is 408 g/mol. The maximum atomic E-state index is 12.7. The number of carbonyl (C=O) groups excluding carboxylic acids is 1. The number of aliphatic imine (C=N–C) groups is 1. The third-order valence-electron chi connectivity index (χ3n) is 4.42. The van der Waals surface area contributed by atoms with Crippen LogP contribution in [0.2, 0.25) is 0 Å². The zero-order chi connectivity index (χ0) is 22.5. The Morgan fingerprint density at radius 3 is 2.47 bits per heavy atom. The predicted molar refractivity (Wildman–Crippen MR) is 118 cm³/mol. The van der Waals surface area contributed by atoms with Gasteiger partial charge in [-0.15, -0.1) is 0 Å². The fourth-order valence-electron chi connectivity index (χ4n) is 2.92. The maximum Gasteiger partial charge on any atom is 0.333 e. The molecule has 5 N–H and O–H groups in total. The molecule has 11 heteroatoms. The van der Waals surface area contributed by atoms with Crippen LogP contribution in [0, 0.1) is 0 Å². The van der Waals surface area contributed by atoms with E-state index >= 15 is 0 Å².